The predicted octanol–water partition coefficient (Wildman–Crippen LogP) is 1.09. The van der Waals surface area contributed by atoms with Crippen LogP contribution in [-0.2, 0) is 4.74 Å². The van der Waals surface area contributed by atoms with Gasteiger partial charge in [0.05, 0.1) is 12.1 Å². The summed E-state index contributed by atoms with van der Waals surface area (Å²) in [5.74, 6) is -1.37. The minimum Gasteiger partial charge on any atom is -0.476 e. The van der Waals surface area contributed by atoms with Crippen molar-refractivity contribution in [3.05, 3.63) is 16.1 Å². The fourth-order valence-corrected chi connectivity index (χ4v) is 2.77. The molecule has 18 heavy (non-hydrogen) atoms. The first-order valence-corrected chi connectivity index (χ1v) is 6.46. The first-order valence-electron chi connectivity index (χ1n) is 5.58. The first-order chi connectivity index (χ1) is 8.50. The molecular formula is C11H14N2O4S. The van der Waals surface area contributed by atoms with Crippen molar-refractivity contribution < 1.29 is 19.4 Å². The zero-order valence-electron chi connectivity index (χ0n) is 10.1. The molecule has 2 unspecified atom stereocenters. The monoisotopic (exact) mass is 270 g/mol. The van der Waals surface area contributed by atoms with E-state index in [0.717, 1.165) is 17.8 Å². The smallest absolute Gasteiger partial charge is 0.355 e. The second-order valence-electron chi connectivity index (χ2n) is 4.19. The molecule has 0 saturated carbocycles. The van der Waals surface area contributed by atoms with Crippen molar-refractivity contribution in [1.82, 2.24) is 9.88 Å². The molecule has 1 saturated heterocycles. The molecule has 0 spiro atoms. The van der Waals surface area contributed by atoms with Gasteiger partial charge in [-0.3, -0.25) is 4.79 Å². The van der Waals surface area contributed by atoms with Gasteiger partial charge in [-0.25, -0.2) is 9.78 Å². The minimum atomic E-state index is -1.12. The van der Waals surface area contributed by atoms with Crippen molar-refractivity contribution in [2.24, 2.45) is 0 Å². The lowest BCUT2D eigenvalue weighted by Crippen LogP contribution is -2.41. The minimum absolute atomic E-state index is 0.00198. The van der Waals surface area contributed by atoms with E-state index in [2.05, 4.69) is 4.98 Å². The van der Waals surface area contributed by atoms with E-state index in [1.54, 1.807) is 11.9 Å². The van der Waals surface area contributed by atoms with E-state index in [1.807, 2.05) is 6.92 Å². The molecule has 1 aromatic rings. The molecule has 1 aromatic heterocycles. The summed E-state index contributed by atoms with van der Waals surface area (Å²) in [6.07, 6.45) is 0.790. The summed E-state index contributed by atoms with van der Waals surface area (Å²) in [7, 11) is 1.69. The molecule has 2 rings (SSSR count). The zero-order chi connectivity index (χ0) is 13.3. The summed E-state index contributed by atoms with van der Waals surface area (Å²) in [6, 6.07) is 0.0229. The highest BCUT2D eigenvalue weighted by atomic mass is 32.1. The normalized spacial score (nSPS) is 23.0. The molecule has 0 bridgehead atoms. The number of carbonyl (C=O) groups excluding carboxylic acids is 1. The van der Waals surface area contributed by atoms with Gasteiger partial charge in [0, 0.05) is 19.0 Å². The summed E-state index contributed by atoms with van der Waals surface area (Å²) in [6.45, 7) is 2.56. The number of rotatable bonds is 3. The van der Waals surface area contributed by atoms with Gasteiger partial charge in [0.25, 0.3) is 5.91 Å². The van der Waals surface area contributed by atoms with E-state index in [9.17, 15) is 9.59 Å². The molecule has 1 aliphatic heterocycles. The number of aromatic nitrogens is 1. The molecular weight excluding hydrogens is 256 g/mol. The Morgan fingerprint density at radius 1 is 1.61 bits per heavy atom. The van der Waals surface area contributed by atoms with Crippen LogP contribution in [0.2, 0.25) is 0 Å². The lowest BCUT2D eigenvalue weighted by atomic mass is 10.1. The molecule has 0 aliphatic carbocycles. The molecule has 1 amide bonds. The molecule has 0 aromatic carbocycles. The maximum Gasteiger partial charge on any atom is 0.355 e. The van der Waals surface area contributed by atoms with Gasteiger partial charge in [-0.2, -0.15) is 0 Å². The maximum atomic E-state index is 12.1. The molecule has 0 radical (unpaired) electrons. The van der Waals surface area contributed by atoms with E-state index >= 15 is 0 Å². The molecule has 98 valence electrons. The Balaban J connectivity index is 2.12. The lowest BCUT2D eigenvalue weighted by Gasteiger charge is -2.25. The van der Waals surface area contributed by atoms with E-state index in [-0.39, 0.29) is 28.8 Å². The van der Waals surface area contributed by atoms with Crippen molar-refractivity contribution in [2.45, 2.75) is 25.5 Å². The number of likely N-dealkylation sites (N-methyl/N-ethyl adjacent to an activating group) is 1. The van der Waals surface area contributed by atoms with E-state index in [4.69, 9.17) is 9.84 Å². The van der Waals surface area contributed by atoms with Crippen LogP contribution in [0.5, 0.6) is 0 Å². The zero-order valence-corrected chi connectivity index (χ0v) is 10.9. The van der Waals surface area contributed by atoms with Gasteiger partial charge in [-0.05, 0) is 13.3 Å². The topological polar surface area (TPSA) is 79.7 Å². The van der Waals surface area contributed by atoms with E-state index < -0.39 is 5.97 Å². The SMILES string of the molecule is CC1OCCC1N(C)C(=O)c1nc(C(=O)O)cs1. The highest BCUT2D eigenvalue weighted by Gasteiger charge is 2.32. The highest BCUT2D eigenvalue weighted by Crippen LogP contribution is 2.21. The lowest BCUT2D eigenvalue weighted by molar-refractivity contribution is 0.0574. The quantitative estimate of drug-likeness (QED) is 0.889. The Morgan fingerprint density at radius 3 is 2.83 bits per heavy atom. The summed E-state index contributed by atoms with van der Waals surface area (Å²) in [5, 5.41) is 10.3. The Kier molecular flexibility index (Phi) is 3.63. The van der Waals surface area contributed by atoms with E-state index in [0.29, 0.717) is 6.61 Å². The Bertz CT molecular complexity index is 473. The molecule has 2 atom stereocenters. The number of hydrogen-bond acceptors (Lipinski definition) is 5. The Hall–Kier alpha value is -1.47. The molecule has 1 aliphatic rings. The highest BCUT2D eigenvalue weighted by molar-refractivity contribution is 7.11. The largest absolute Gasteiger partial charge is 0.476 e. The van der Waals surface area contributed by atoms with Crippen molar-refractivity contribution in [3.63, 3.8) is 0 Å². The molecule has 6 nitrogen and oxygen atoms in total. The first kappa shape index (κ1) is 13.0. The van der Waals surface area contributed by atoms with Gasteiger partial charge in [0.1, 0.15) is 0 Å². The van der Waals surface area contributed by atoms with Crippen LogP contribution >= 0.6 is 11.3 Å². The van der Waals surface area contributed by atoms with Crippen LogP contribution < -0.4 is 0 Å². The van der Waals surface area contributed by atoms with Crippen molar-refractivity contribution in [3.8, 4) is 0 Å². The van der Waals surface area contributed by atoms with Gasteiger partial charge >= 0.3 is 5.97 Å². The standard InChI is InChI=1S/C11H14N2O4S/c1-6-8(3-4-17-6)13(2)10(14)9-12-7(5-18-9)11(15)16/h5-6,8H,3-4H2,1-2H3,(H,15,16). The van der Waals surface area contributed by atoms with Gasteiger partial charge in [0.15, 0.2) is 10.7 Å². The van der Waals surface area contributed by atoms with Crippen molar-refractivity contribution in [1.29, 1.82) is 0 Å². The second kappa shape index (κ2) is 5.03. The number of carboxylic acids is 1. The number of carboxylic acid groups (broad SMARTS) is 1. The van der Waals surface area contributed by atoms with Gasteiger partial charge < -0.3 is 14.7 Å². The Morgan fingerprint density at radius 2 is 2.33 bits per heavy atom. The average Bonchev–Trinajstić information content (AvgIpc) is 2.95. The third kappa shape index (κ3) is 2.37. The molecule has 1 N–H and O–H groups in total. The molecule has 7 heteroatoms. The van der Waals surface area contributed by atoms with Crippen LogP contribution in [0.4, 0.5) is 0 Å². The number of amides is 1. The number of thiazole rings is 1. The molecule has 2 heterocycles. The van der Waals surface area contributed by atoms with Crippen LogP contribution in [0, 0.1) is 0 Å². The number of ether oxygens (including phenoxy) is 1. The van der Waals surface area contributed by atoms with Crippen molar-refractivity contribution in [2.75, 3.05) is 13.7 Å². The van der Waals surface area contributed by atoms with Crippen LogP contribution in [0.3, 0.4) is 0 Å². The van der Waals surface area contributed by atoms with Crippen LogP contribution in [-0.4, -0.2) is 52.7 Å². The third-order valence-corrected chi connectivity index (χ3v) is 3.89. The van der Waals surface area contributed by atoms with Crippen molar-refractivity contribution >= 4 is 23.2 Å². The number of carbonyl (C=O) groups is 2. The second-order valence-corrected chi connectivity index (χ2v) is 5.05. The third-order valence-electron chi connectivity index (χ3n) is 3.06. The van der Waals surface area contributed by atoms with Gasteiger partial charge in [-0.1, -0.05) is 0 Å². The van der Waals surface area contributed by atoms with Crippen LogP contribution in [0.1, 0.15) is 33.6 Å². The predicted molar refractivity (Wildman–Crippen MR) is 65.0 cm³/mol. The molecule has 1 fully saturated rings. The summed E-state index contributed by atoms with van der Waals surface area (Å²) in [5.41, 5.74) is -0.0903. The fraction of sp³-hybridized carbons (Fsp3) is 0.545. The average molecular weight is 270 g/mol. The fourth-order valence-electron chi connectivity index (χ4n) is 2.00. The summed E-state index contributed by atoms with van der Waals surface area (Å²) < 4.78 is 5.41. The number of aromatic carboxylic acids is 1. The van der Waals surface area contributed by atoms with Gasteiger partial charge in [0.2, 0.25) is 0 Å². The van der Waals surface area contributed by atoms with Crippen LogP contribution in [0.15, 0.2) is 5.38 Å². The van der Waals surface area contributed by atoms with E-state index in [1.165, 1.54) is 5.38 Å². The maximum absolute atomic E-state index is 12.1. The number of nitrogens with zero attached hydrogens (tertiary/aromatic N) is 2. The summed E-state index contributed by atoms with van der Waals surface area (Å²) in [4.78, 5) is 28.3. The number of hydrogen-bond donors (Lipinski definition) is 1. The summed E-state index contributed by atoms with van der Waals surface area (Å²) >= 11 is 1.05. The van der Waals surface area contributed by atoms with Gasteiger partial charge in [-0.15, -0.1) is 11.3 Å². The van der Waals surface area contributed by atoms with Crippen LogP contribution in [0.25, 0.3) is 0 Å². The Labute approximate surface area is 108 Å².